The van der Waals surface area contributed by atoms with Gasteiger partial charge in [0.05, 0.1) is 13.0 Å². The summed E-state index contributed by atoms with van der Waals surface area (Å²) in [5, 5.41) is 2.68. The van der Waals surface area contributed by atoms with Gasteiger partial charge in [0.2, 0.25) is 5.91 Å². The van der Waals surface area contributed by atoms with Gasteiger partial charge in [-0.15, -0.1) is 0 Å². The van der Waals surface area contributed by atoms with Gasteiger partial charge in [-0.05, 0) is 36.8 Å². The lowest BCUT2D eigenvalue weighted by atomic mass is 10.1. The molecule has 0 bridgehead atoms. The molecular formula is C18H19NO4. The number of hydrogen-bond acceptors (Lipinski definition) is 4. The van der Waals surface area contributed by atoms with E-state index in [1.165, 1.54) is 6.92 Å². The summed E-state index contributed by atoms with van der Waals surface area (Å²) in [6, 6.07) is 14.1. The van der Waals surface area contributed by atoms with E-state index in [0.717, 1.165) is 5.56 Å². The van der Waals surface area contributed by atoms with Gasteiger partial charge in [-0.3, -0.25) is 9.59 Å². The summed E-state index contributed by atoms with van der Waals surface area (Å²) in [5.41, 5.74) is 1.49. The van der Waals surface area contributed by atoms with Crippen molar-refractivity contribution in [3.8, 4) is 11.5 Å². The molecule has 0 aliphatic carbocycles. The number of carbonyl (C=O) groups excluding carboxylic acids is 2. The number of ether oxygens (including phenoxy) is 2. The second kappa shape index (κ2) is 7.98. The molecule has 0 aliphatic heterocycles. The van der Waals surface area contributed by atoms with Gasteiger partial charge < -0.3 is 14.8 Å². The molecule has 0 fully saturated rings. The van der Waals surface area contributed by atoms with Gasteiger partial charge in [0.15, 0.2) is 11.5 Å². The summed E-state index contributed by atoms with van der Waals surface area (Å²) >= 11 is 0. The van der Waals surface area contributed by atoms with Gasteiger partial charge in [0, 0.05) is 12.6 Å². The summed E-state index contributed by atoms with van der Waals surface area (Å²) in [7, 11) is 0. The second-order valence-electron chi connectivity index (χ2n) is 4.91. The minimum atomic E-state index is -0.371. The Morgan fingerprint density at radius 1 is 1.00 bits per heavy atom. The molecule has 23 heavy (non-hydrogen) atoms. The van der Waals surface area contributed by atoms with Crippen molar-refractivity contribution < 1.29 is 19.1 Å². The average Bonchev–Trinajstić information content (AvgIpc) is 2.51. The maximum absolute atomic E-state index is 12.1. The van der Waals surface area contributed by atoms with E-state index in [-0.39, 0.29) is 18.3 Å². The van der Waals surface area contributed by atoms with E-state index in [1.807, 2.05) is 13.0 Å². The van der Waals surface area contributed by atoms with Gasteiger partial charge in [0.25, 0.3) is 0 Å². The number of hydrogen-bond donors (Lipinski definition) is 1. The molecule has 0 saturated heterocycles. The van der Waals surface area contributed by atoms with Crippen LogP contribution < -0.4 is 14.8 Å². The lowest BCUT2D eigenvalue weighted by Crippen LogP contribution is -2.12. The van der Waals surface area contributed by atoms with Crippen LogP contribution in [0.25, 0.3) is 0 Å². The van der Waals surface area contributed by atoms with Crippen LogP contribution in [0.5, 0.6) is 11.5 Å². The van der Waals surface area contributed by atoms with Crippen LogP contribution in [-0.4, -0.2) is 18.5 Å². The van der Waals surface area contributed by atoms with Gasteiger partial charge in [0.1, 0.15) is 0 Å². The van der Waals surface area contributed by atoms with Crippen LogP contribution in [0.3, 0.4) is 0 Å². The first-order valence-corrected chi connectivity index (χ1v) is 7.37. The van der Waals surface area contributed by atoms with E-state index < -0.39 is 0 Å². The van der Waals surface area contributed by atoms with Gasteiger partial charge in [-0.2, -0.15) is 0 Å². The molecule has 0 aliphatic rings. The number of amides is 1. The van der Waals surface area contributed by atoms with Crippen LogP contribution in [0.15, 0.2) is 48.5 Å². The molecule has 5 nitrogen and oxygen atoms in total. The number of esters is 1. The topological polar surface area (TPSA) is 64.6 Å². The molecule has 2 rings (SSSR count). The van der Waals surface area contributed by atoms with Crippen molar-refractivity contribution in [2.24, 2.45) is 0 Å². The second-order valence-corrected chi connectivity index (χ2v) is 4.91. The Hall–Kier alpha value is -2.82. The predicted octanol–water partition coefficient (Wildman–Crippen LogP) is 3.19. The molecule has 0 aromatic heterocycles. The Balaban J connectivity index is 1.98. The van der Waals surface area contributed by atoms with Crippen molar-refractivity contribution in [2.45, 2.75) is 20.3 Å². The molecule has 2 aromatic rings. The Kier molecular flexibility index (Phi) is 5.74. The van der Waals surface area contributed by atoms with E-state index in [1.54, 1.807) is 42.5 Å². The first-order valence-electron chi connectivity index (χ1n) is 7.37. The predicted molar refractivity (Wildman–Crippen MR) is 87.7 cm³/mol. The maximum Gasteiger partial charge on any atom is 0.315 e. The zero-order chi connectivity index (χ0) is 16.7. The van der Waals surface area contributed by atoms with Crippen molar-refractivity contribution in [3.05, 3.63) is 54.1 Å². The SMILES string of the molecule is CCOc1ccccc1OC(=O)Cc1ccc(NC(C)=O)cc1. The van der Waals surface area contributed by atoms with Crippen molar-refractivity contribution in [1.29, 1.82) is 0 Å². The minimum absolute atomic E-state index is 0.135. The first kappa shape index (κ1) is 16.5. The molecular weight excluding hydrogens is 294 g/mol. The number of anilines is 1. The van der Waals surface area contributed by atoms with Crippen molar-refractivity contribution >= 4 is 17.6 Å². The number of para-hydroxylation sites is 2. The molecule has 0 saturated carbocycles. The molecule has 0 unspecified atom stereocenters. The van der Waals surface area contributed by atoms with Crippen LogP contribution in [0.2, 0.25) is 0 Å². The fraction of sp³-hybridized carbons (Fsp3) is 0.222. The molecule has 0 atom stereocenters. The quantitative estimate of drug-likeness (QED) is 0.657. The third kappa shape index (κ3) is 5.14. The van der Waals surface area contributed by atoms with Crippen molar-refractivity contribution in [2.75, 3.05) is 11.9 Å². The molecule has 120 valence electrons. The third-order valence-corrected chi connectivity index (χ3v) is 3.00. The van der Waals surface area contributed by atoms with Crippen molar-refractivity contribution in [1.82, 2.24) is 0 Å². The molecule has 0 spiro atoms. The van der Waals surface area contributed by atoms with Crippen LogP contribution in [-0.2, 0) is 16.0 Å². The molecule has 5 heteroatoms. The summed E-state index contributed by atoms with van der Waals surface area (Å²) in [6.07, 6.45) is 0.140. The van der Waals surface area contributed by atoms with E-state index in [0.29, 0.717) is 23.8 Å². The molecule has 1 amide bonds. The lowest BCUT2D eigenvalue weighted by Gasteiger charge is -2.10. The van der Waals surface area contributed by atoms with Crippen LogP contribution >= 0.6 is 0 Å². The number of rotatable bonds is 6. The highest BCUT2D eigenvalue weighted by atomic mass is 16.6. The normalized spacial score (nSPS) is 10.0. The first-order chi connectivity index (χ1) is 11.1. The Bertz CT molecular complexity index is 680. The van der Waals surface area contributed by atoms with Crippen LogP contribution in [0, 0.1) is 0 Å². The fourth-order valence-electron chi connectivity index (χ4n) is 2.04. The smallest absolute Gasteiger partial charge is 0.315 e. The largest absolute Gasteiger partial charge is 0.490 e. The zero-order valence-corrected chi connectivity index (χ0v) is 13.2. The lowest BCUT2D eigenvalue weighted by molar-refractivity contribution is -0.133. The van der Waals surface area contributed by atoms with E-state index in [9.17, 15) is 9.59 Å². The van der Waals surface area contributed by atoms with E-state index in [2.05, 4.69) is 5.32 Å². The monoisotopic (exact) mass is 313 g/mol. The summed E-state index contributed by atoms with van der Waals surface area (Å²) in [5.74, 6) is 0.452. The average molecular weight is 313 g/mol. The van der Waals surface area contributed by atoms with E-state index >= 15 is 0 Å². The highest BCUT2D eigenvalue weighted by molar-refractivity contribution is 5.88. The zero-order valence-electron chi connectivity index (χ0n) is 13.2. The standard InChI is InChI=1S/C18H19NO4/c1-3-22-16-6-4-5-7-17(16)23-18(21)12-14-8-10-15(11-9-14)19-13(2)20/h4-11H,3,12H2,1-2H3,(H,19,20). The molecule has 2 aromatic carbocycles. The summed E-state index contributed by atoms with van der Waals surface area (Å²) in [4.78, 5) is 23.0. The molecule has 0 radical (unpaired) electrons. The third-order valence-electron chi connectivity index (χ3n) is 3.00. The molecule has 1 N–H and O–H groups in total. The molecule has 0 heterocycles. The minimum Gasteiger partial charge on any atom is -0.490 e. The maximum atomic E-state index is 12.1. The van der Waals surface area contributed by atoms with Crippen LogP contribution in [0.1, 0.15) is 19.4 Å². The number of nitrogens with one attached hydrogen (secondary N) is 1. The fourth-order valence-corrected chi connectivity index (χ4v) is 2.04. The van der Waals surface area contributed by atoms with Gasteiger partial charge in [-0.1, -0.05) is 24.3 Å². The van der Waals surface area contributed by atoms with E-state index in [4.69, 9.17) is 9.47 Å². The van der Waals surface area contributed by atoms with Gasteiger partial charge >= 0.3 is 5.97 Å². The Morgan fingerprint density at radius 2 is 1.65 bits per heavy atom. The number of benzene rings is 2. The highest BCUT2D eigenvalue weighted by Crippen LogP contribution is 2.26. The Morgan fingerprint density at radius 3 is 2.26 bits per heavy atom. The number of carbonyl (C=O) groups is 2. The van der Waals surface area contributed by atoms with Gasteiger partial charge in [-0.25, -0.2) is 0 Å². The van der Waals surface area contributed by atoms with Crippen LogP contribution in [0.4, 0.5) is 5.69 Å². The summed E-state index contributed by atoms with van der Waals surface area (Å²) in [6.45, 7) is 3.81. The highest BCUT2D eigenvalue weighted by Gasteiger charge is 2.10. The summed E-state index contributed by atoms with van der Waals surface area (Å²) < 4.78 is 10.8. The Labute approximate surface area is 135 Å². The van der Waals surface area contributed by atoms with Crippen molar-refractivity contribution in [3.63, 3.8) is 0 Å².